The van der Waals surface area contributed by atoms with E-state index in [9.17, 15) is 12.8 Å². The summed E-state index contributed by atoms with van der Waals surface area (Å²) in [4.78, 5) is 0.0192. The van der Waals surface area contributed by atoms with E-state index >= 15 is 0 Å². The highest BCUT2D eigenvalue weighted by atomic mass is 32.2. The summed E-state index contributed by atoms with van der Waals surface area (Å²) in [7, 11) is -3.50. The molecule has 0 spiro atoms. The molecule has 0 unspecified atom stereocenters. The van der Waals surface area contributed by atoms with Gasteiger partial charge in [-0.15, -0.1) is 0 Å². The van der Waals surface area contributed by atoms with Gasteiger partial charge in [0.2, 0.25) is 0 Å². The van der Waals surface area contributed by atoms with Crippen molar-refractivity contribution in [2.24, 2.45) is 0 Å². The molecule has 0 saturated carbocycles. The number of benzene rings is 2. The van der Waals surface area contributed by atoms with Gasteiger partial charge in [-0.25, -0.2) is 12.8 Å². The fourth-order valence-corrected chi connectivity index (χ4v) is 3.20. The summed E-state index contributed by atoms with van der Waals surface area (Å²) in [6, 6.07) is 12.4. The minimum Gasteiger partial charge on any atom is -0.223 e. The number of hydrogen-bond donors (Lipinski definition) is 0. The number of rotatable bonds is 3. The Labute approximate surface area is 106 Å². The Morgan fingerprint density at radius 2 is 1.78 bits per heavy atom. The molecule has 2 aromatic rings. The highest BCUT2D eigenvalue weighted by Gasteiger charge is 2.16. The van der Waals surface area contributed by atoms with Gasteiger partial charge >= 0.3 is 0 Å². The highest BCUT2D eigenvalue weighted by molar-refractivity contribution is 7.90. The van der Waals surface area contributed by atoms with Crippen molar-refractivity contribution >= 4 is 9.84 Å². The summed E-state index contributed by atoms with van der Waals surface area (Å²) in [6.07, 6.45) is 0. The summed E-state index contributed by atoms with van der Waals surface area (Å²) in [5.41, 5.74) is 1.65. The van der Waals surface area contributed by atoms with Gasteiger partial charge in [0.15, 0.2) is 9.84 Å². The van der Waals surface area contributed by atoms with Crippen LogP contribution >= 0.6 is 0 Å². The minimum absolute atomic E-state index is 0.0192. The lowest BCUT2D eigenvalue weighted by Crippen LogP contribution is -2.06. The molecule has 94 valence electrons. The minimum atomic E-state index is -3.50. The normalized spacial score (nSPS) is 11.4. The van der Waals surface area contributed by atoms with Crippen molar-refractivity contribution in [3.63, 3.8) is 0 Å². The van der Waals surface area contributed by atoms with E-state index in [0.717, 1.165) is 17.2 Å². The van der Waals surface area contributed by atoms with Crippen LogP contribution in [0.1, 0.15) is 11.1 Å². The molecular formula is C14H13FO2S. The summed E-state index contributed by atoms with van der Waals surface area (Å²) in [5, 5.41) is 0. The molecule has 0 aliphatic heterocycles. The first kappa shape index (κ1) is 12.8. The second-order valence-corrected chi connectivity index (χ2v) is 6.13. The Hall–Kier alpha value is -1.68. The van der Waals surface area contributed by atoms with E-state index in [1.165, 1.54) is 18.2 Å². The molecule has 0 aliphatic rings. The smallest absolute Gasteiger partial charge is 0.182 e. The Morgan fingerprint density at radius 1 is 1.06 bits per heavy atom. The number of halogens is 1. The molecule has 2 rings (SSSR count). The zero-order valence-corrected chi connectivity index (χ0v) is 10.7. The SMILES string of the molecule is Cc1ccccc1CS(=O)(=O)c1cccc(F)c1. The van der Waals surface area contributed by atoms with Gasteiger partial charge in [-0.05, 0) is 36.2 Å². The fraction of sp³-hybridized carbons (Fsp3) is 0.143. The average molecular weight is 264 g/mol. The number of hydrogen-bond acceptors (Lipinski definition) is 2. The number of sulfone groups is 1. The topological polar surface area (TPSA) is 34.1 Å². The zero-order chi connectivity index (χ0) is 13.2. The van der Waals surface area contributed by atoms with Crippen LogP contribution in [0.5, 0.6) is 0 Å². The first-order valence-corrected chi connectivity index (χ1v) is 7.17. The van der Waals surface area contributed by atoms with Crippen LogP contribution in [0, 0.1) is 12.7 Å². The van der Waals surface area contributed by atoms with Crippen LogP contribution in [0.15, 0.2) is 53.4 Å². The first-order chi connectivity index (χ1) is 8.49. The third-order valence-corrected chi connectivity index (χ3v) is 4.43. The van der Waals surface area contributed by atoms with Crippen LogP contribution in [0.2, 0.25) is 0 Å². The first-order valence-electron chi connectivity index (χ1n) is 5.52. The fourth-order valence-electron chi connectivity index (χ4n) is 1.72. The summed E-state index contributed by atoms with van der Waals surface area (Å²) in [5.74, 6) is -0.649. The van der Waals surface area contributed by atoms with E-state index in [-0.39, 0.29) is 10.6 Å². The standard InChI is InChI=1S/C14H13FO2S/c1-11-5-2-3-6-12(11)10-18(16,17)14-8-4-7-13(15)9-14/h2-9H,10H2,1H3. The lowest BCUT2D eigenvalue weighted by molar-refractivity contribution is 0.590. The average Bonchev–Trinajstić information content (AvgIpc) is 2.32. The Morgan fingerprint density at radius 3 is 2.44 bits per heavy atom. The van der Waals surface area contributed by atoms with Crippen LogP contribution in [0.4, 0.5) is 4.39 Å². The molecule has 0 fully saturated rings. The van der Waals surface area contributed by atoms with Gasteiger partial charge < -0.3 is 0 Å². The van der Waals surface area contributed by atoms with Crippen LogP contribution in [0.3, 0.4) is 0 Å². The lowest BCUT2D eigenvalue weighted by atomic mass is 10.1. The molecule has 2 aromatic carbocycles. The number of aryl methyl sites for hydroxylation is 1. The summed E-state index contributed by atoms with van der Waals surface area (Å²) >= 11 is 0. The Balaban J connectivity index is 2.37. The molecule has 4 heteroatoms. The van der Waals surface area contributed by atoms with Crippen LogP contribution in [0.25, 0.3) is 0 Å². The second-order valence-electron chi connectivity index (χ2n) is 4.14. The Kier molecular flexibility index (Phi) is 3.48. The molecule has 0 amide bonds. The van der Waals surface area contributed by atoms with Crippen LogP contribution in [-0.4, -0.2) is 8.42 Å². The zero-order valence-electron chi connectivity index (χ0n) is 9.93. The van der Waals surface area contributed by atoms with Crippen LogP contribution in [-0.2, 0) is 15.6 Å². The van der Waals surface area contributed by atoms with E-state index in [1.807, 2.05) is 19.1 Å². The second kappa shape index (κ2) is 4.90. The predicted octanol–water partition coefficient (Wildman–Crippen LogP) is 3.11. The molecule has 0 aliphatic carbocycles. The summed E-state index contributed by atoms with van der Waals surface area (Å²) < 4.78 is 37.3. The van der Waals surface area contributed by atoms with Gasteiger partial charge in [-0.1, -0.05) is 30.3 Å². The molecule has 0 atom stereocenters. The van der Waals surface area contributed by atoms with E-state index in [2.05, 4.69) is 0 Å². The van der Waals surface area contributed by atoms with Crippen molar-refractivity contribution in [3.8, 4) is 0 Å². The third kappa shape index (κ3) is 2.76. The molecule has 0 aromatic heterocycles. The van der Waals surface area contributed by atoms with Crippen molar-refractivity contribution in [3.05, 3.63) is 65.5 Å². The van der Waals surface area contributed by atoms with Crippen molar-refractivity contribution in [2.45, 2.75) is 17.6 Å². The van der Waals surface area contributed by atoms with E-state index in [4.69, 9.17) is 0 Å². The molecule has 18 heavy (non-hydrogen) atoms. The van der Waals surface area contributed by atoms with E-state index < -0.39 is 15.7 Å². The van der Waals surface area contributed by atoms with Crippen molar-refractivity contribution in [1.82, 2.24) is 0 Å². The molecular weight excluding hydrogens is 251 g/mol. The highest BCUT2D eigenvalue weighted by Crippen LogP contribution is 2.19. The summed E-state index contributed by atoms with van der Waals surface area (Å²) in [6.45, 7) is 1.86. The maximum Gasteiger partial charge on any atom is 0.182 e. The monoisotopic (exact) mass is 264 g/mol. The largest absolute Gasteiger partial charge is 0.223 e. The van der Waals surface area contributed by atoms with Gasteiger partial charge in [-0.3, -0.25) is 0 Å². The maximum atomic E-state index is 13.1. The van der Waals surface area contributed by atoms with Crippen molar-refractivity contribution < 1.29 is 12.8 Å². The predicted molar refractivity (Wildman–Crippen MR) is 68.5 cm³/mol. The van der Waals surface area contributed by atoms with Gasteiger partial charge in [0.25, 0.3) is 0 Å². The molecule has 0 saturated heterocycles. The van der Waals surface area contributed by atoms with Crippen molar-refractivity contribution in [2.75, 3.05) is 0 Å². The van der Waals surface area contributed by atoms with Crippen LogP contribution < -0.4 is 0 Å². The molecule has 0 radical (unpaired) electrons. The molecule has 0 bridgehead atoms. The van der Waals surface area contributed by atoms with Gasteiger partial charge in [-0.2, -0.15) is 0 Å². The Bertz CT molecular complexity index is 663. The van der Waals surface area contributed by atoms with Gasteiger partial charge in [0, 0.05) is 0 Å². The maximum absolute atomic E-state index is 13.1. The lowest BCUT2D eigenvalue weighted by Gasteiger charge is -2.07. The molecule has 2 nitrogen and oxygen atoms in total. The van der Waals surface area contributed by atoms with E-state index in [1.54, 1.807) is 12.1 Å². The molecule has 0 heterocycles. The quantitative estimate of drug-likeness (QED) is 0.853. The van der Waals surface area contributed by atoms with Gasteiger partial charge in [0.1, 0.15) is 5.82 Å². The van der Waals surface area contributed by atoms with Gasteiger partial charge in [0.05, 0.1) is 10.6 Å². The molecule has 0 N–H and O–H groups in total. The third-order valence-electron chi connectivity index (χ3n) is 2.76. The van der Waals surface area contributed by atoms with E-state index in [0.29, 0.717) is 0 Å². The van der Waals surface area contributed by atoms with Crippen molar-refractivity contribution in [1.29, 1.82) is 0 Å².